The third-order valence-corrected chi connectivity index (χ3v) is 5.02. The number of benzene rings is 1. The minimum Gasteiger partial charge on any atom is -0.376 e. The Morgan fingerprint density at radius 1 is 1.08 bits per heavy atom. The Balaban J connectivity index is 1.28. The lowest BCUT2D eigenvalue weighted by Crippen LogP contribution is -2.43. The lowest BCUT2D eigenvalue weighted by molar-refractivity contribution is 0.111. The van der Waals surface area contributed by atoms with E-state index in [2.05, 4.69) is 45.9 Å². The highest BCUT2D eigenvalue weighted by Gasteiger charge is 2.20. The van der Waals surface area contributed by atoms with Gasteiger partial charge >= 0.3 is 6.03 Å². The summed E-state index contributed by atoms with van der Waals surface area (Å²) in [6, 6.07) is 10.6. The highest BCUT2D eigenvalue weighted by Crippen LogP contribution is 2.18. The topological polar surface area (TPSA) is 53.6 Å². The Hall–Kier alpha value is -1.59. The molecule has 0 saturated carbocycles. The van der Waals surface area contributed by atoms with Gasteiger partial charge in [-0.05, 0) is 50.3 Å². The molecule has 5 nitrogen and oxygen atoms in total. The van der Waals surface area contributed by atoms with Crippen LogP contribution in [0.15, 0.2) is 30.3 Å². The van der Waals surface area contributed by atoms with Crippen LogP contribution >= 0.6 is 0 Å². The Labute approximate surface area is 144 Å². The van der Waals surface area contributed by atoms with Crippen molar-refractivity contribution in [3.8, 4) is 0 Å². The second-order valence-electron chi connectivity index (χ2n) is 6.93. The summed E-state index contributed by atoms with van der Waals surface area (Å²) >= 11 is 0. The minimum absolute atomic E-state index is 0.0581. The van der Waals surface area contributed by atoms with Crippen LogP contribution in [-0.4, -0.2) is 49.8 Å². The van der Waals surface area contributed by atoms with Crippen LogP contribution < -0.4 is 10.6 Å². The molecule has 1 aromatic carbocycles. The number of rotatable bonds is 6. The van der Waals surface area contributed by atoms with Gasteiger partial charge in [-0.3, -0.25) is 4.90 Å². The molecule has 0 unspecified atom stereocenters. The van der Waals surface area contributed by atoms with Crippen molar-refractivity contribution < 1.29 is 9.53 Å². The van der Waals surface area contributed by atoms with Crippen LogP contribution in [0, 0.1) is 5.92 Å². The van der Waals surface area contributed by atoms with Gasteiger partial charge in [0.25, 0.3) is 0 Å². The fraction of sp³-hybridized carbons (Fsp3) is 0.632. The van der Waals surface area contributed by atoms with Gasteiger partial charge in [-0.25, -0.2) is 4.79 Å². The third-order valence-electron chi connectivity index (χ3n) is 5.02. The predicted molar refractivity (Wildman–Crippen MR) is 94.8 cm³/mol. The van der Waals surface area contributed by atoms with Crippen LogP contribution in [-0.2, 0) is 11.3 Å². The lowest BCUT2D eigenvalue weighted by atomic mass is 9.96. The van der Waals surface area contributed by atoms with Crippen LogP contribution in [0.1, 0.15) is 31.2 Å². The smallest absolute Gasteiger partial charge is 0.314 e. The zero-order valence-electron chi connectivity index (χ0n) is 14.4. The molecule has 0 aliphatic carbocycles. The average Bonchev–Trinajstić information content (AvgIpc) is 3.14. The van der Waals surface area contributed by atoms with E-state index in [1.807, 2.05) is 0 Å². The fourth-order valence-corrected chi connectivity index (χ4v) is 3.50. The molecule has 24 heavy (non-hydrogen) atoms. The fourth-order valence-electron chi connectivity index (χ4n) is 3.50. The SMILES string of the molecule is O=C(NCC1CCN(Cc2ccccc2)CC1)NC[C@H]1CCCO1. The van der Waals surface area contributed by atoms with Crippen LogP contribution in [0.4, 0.5) is 4.79 Å². The summed E-state index contributed by atoms with van der Waals surface area (Å²) in [5.74, 6) is 0.588. The van der Waals surface area contributed by atoms with E-state index in [9.17, 15) is 4.79 Å². The van der Waals surface area contributed by atoms with Crippen molar-refractivity contribution in [2.45, 2.75) is 38.3 Å². The minimum atomic E-state index is -0.0581. The van der Waals surface area contributed by atoms with Gasteiger partial charge in [0.15, 0.2) is 0 Å². The summed E-state index contributed by atoms with van der Waals surface area (Å²) in [5.41, 5.74) is 1.38. The van der Waals surface area contributed by atoms with Gasteiger partial charge in [0.05, 0.1) is 6.10 Å². The second-order valence-corrected chi connectivity index (χ2v) is 6.93. The molecule has 2 heterocycles. The highest BCUT2D eigenvalue weighted by atomic mass is 16.5. The molecular weight excluding hydrogens is 302 g/mol. The van der Waals surface area contributed by atoms with Gasteiger partial charge in [-0.2, -0.15) is 0 Å². The zero-order valence-corrected chi connectivity index (χ0v) is 14.4. The number of nitrogens with zero attached hydrogens (tertiary/aromatic N) is 1. The highest BCUT2D eigenvalue weighted by molar-refractivity contribution is 5.73. The van der Waals surface area contributed by atoms with Crippen molar-refractivity contribution in [1.82, 2.24) is 15.5 Å². The zero-order chi connectivity index (χ0) is 16.6. The summed E-state index contributed by atoms with van der Waals surface area (Å²) in [6.07, 6.45) is 4.67. The number of hydrogen-bond donors (Lipinski definition) is 2. The number of carbonyl (C=O) groups excluding carboxylic acids is 1. The molecule has 2 aliphatic rings. The van der Waals surface area contributed by atoms with Gasteiger partial charge in [-0.1, -0.05) is 30.3 Å². The molecule has 0 spiro atoms. The van der Waals surface area contributed by atoms with Gasteiger partial charge in [0.1, 0.15) is 0 Å². The summed E-state index contributed by atoms with van der Waals surface area (Å²) in [5, 5.41) is 5.94. The van der Waals surface area contributed by atoms with E-state index in [1.54, 1.807) is 0 Å². The molecule has 2 saturated heterocycles. The quantitative estimate of drug-likeness (QED) is 0.841. The number of ether oxygens (including phenoxy) is 1. The van der Waals surface area contributed by atoms with Crippen molar-refractivity contribution >= 4 is 6.03 Å². The Kier molecular flexibility index (Phi) is 6.49. The van der Waals surface area contributed by atoms with E-state index < -0.39 is 0 Å². The molecule has 0 bridgehead atoms. The first kappa shape index (κ1) is 17.2. The molecule has 3 rings (SSSR count). The third kappa shape index (κ3) is 5.49. The summed E-state index contributed by atoms with van der Waals surface area (Å²) in [6.45, 7) is 5.48. The van der Waals surface area contributed by atoms with E-state index in [-0.39, 0.29) is 12.1 Å². The Morgan fingerprint density at radius 2 is 1.83 bits per heavy atom. The molecule has 2 aliphatic heterocycles. The largest absolute Gasteiger partial charge is 0.376 e. The molecule has 1 aromatic rings. The number of carbonyl (C=O) groups is 1. The molecule has 0 radical (unpaired) electrons. The summed E-state index contributed by atoms with van der Waals surface area (Å²) < 4.78 is 5.51. The predicted octanol–water partition coefficient (Wildman–Crippen LogP) is 2.38. The van der Waals surface area contributed by atoms with Crippen LogP contribution in [0.25, 0.3) is 0 Å². The molecule has 2 fully saturated rings. The second kappa shape index (κ2) is 9.04. The van der Waals surface area contributed by atoms with E-state index >= 15 is 0 Å². The number of amides is 2. The van der Waals surface area contributed by atoms with Crippen molar-refractivity contribution in [2.75, 3.05) is 32.8 Å². The van der Waals surface area contributed by atoms with Gasteiger partial charge < -0.3 is 15.4 Å². The van der Waals surface area contributed by atoms with Gasteiger partial charge in [0, 0.05) is 26.2 Å². The molecule has 1 atom stereocenters. The van der Waals surface area contributed by atoms with E-state index in [0.717, 1.165) is 58.5 Å². The maximum atomic E-state index is 11.9. The van der Waals surface area contributed by atoms with Gasteiger partial charge in [0.2, 0.25) is 0 Å². The number of hydrogen-bond acceptors (Lipinski definition) is 3. The van der Waals surface area contributed by atoms with E-state index in [1.165, 1.54) is 5.56 Å². The summed E-state index contributed by atoms with van der Waals surface area (Å²) in [7, 11) is 0. The first-order valence-corrected chi connectivity index (χ1v) is 9.19. The molecule has 5 heteroatoms. The van der Waals surface area contributed by atoms with Crippen LogP contribution in [0.3, 0.4) is 0 Å². The average molecular weight is 331 g/mol. The monoisotopic (exact) mass is 331 g/mol. The number of nitrogens with one attached hydrogen (secondary N) is 2. The Bertz CT molecular complexity index is 495. The Morgan fingerprint density at radius 3 is 2.54 bits per heavy atom. The van der Waals surface area contributed by atoms with E-state index in [4.69, 9.17) is 4.74 Å². The first-order valence-electron chi connectivity index (χ1n) is 9.19. The molecule has 132 valence electrons. The molecular formula is C19H29N3O2. The van der Waals surface area contributed by atoms with E-state index in [0.29, 0.717) is 12.5 Å². The lowest BCUT2D eigenvalue weighted by Gasteiger charge is -2.32. The summed E-state index contributed by atoms with van der Waals surface area (Å²) in [4.78, 5) is 14.4. The first-order chi connectivity index (χ1) is 11.8. The molecule has 2 amide bonds. The molecule has 2 N–H and O–H groups in total. The number of likely N-dealkylation sites (tertiary alicyclic amines) is 1. The van der Waals surface area contributed by atoms with Crippen molar-refractivity contribution in [3.63, 3.8) is 0 Å². The maximum absolute atomic E-state index is 11.9. The normalized spacial score (nSPS) is 22.4. The van der Waals surface area contributed by atoms with Crippen molar-refractivity contribution in [2.24, 2.45) is 5.92 Å². The maximum Gasteiger partial charge on any atom is 0.314 e. The molecule has 0 aromatic heterocycles. The van der Waals surface area contributed by atoms with Crippen molar-refractivity contribution in [3.05, 3.63) is 35.9 Å². The van der Waals surface area contributed by atoms with Crippen LogP contribution in [0.5, 0.6) is 0 Å². The number of piperidine rings is 1. The van der Waals surface area contributed by atoms with Crippen molar-refractivity contribution in [1.29, 1.82) is 0 Å². The standard InChI is InChI=1S/C19H29N3O2/c23-19(21-14-18-7-4-12-24-18)20-13-16-8-10-22(11-9-16)15-17-5-2-1-3-6-17/h1-3,5-6,16,18H,4,7-15H2,(H2,20,21,23)/t18-/m1/s1. The number of urea groups is 1. The van der Waals surface area contributed by atoms with Crippen LogP contribution in [0.2, 0.25) is 0 Å². The van der Waals surface area contributed by atoms with Gasteiger partial charge in [-0.15, -0.1) is 0 Å².